The molecule has 0 bridgehead atoms. The second-order valence-corrected chi connectivity index (χ2v) is 13.9. The third kappa shape index (κ3) is 8.64. The number of anilines is 1. The van der Waals surface area contributed by atoms with Crippen LogP contribution >= 0.6 is 12.4 Å². The van der Waals surface area contributed by atoms with Gasteiger partial charge in [0.2, 0.25) is 15.9 Å². The molecule has 2 fully saturated rings. The molecule has 268 valence electrons. The van der Waals surface area contributed by atoms with Gasteiger partial charge in [-0.25, -0.2) is 17.8 Å². The molecule has 0 spiro atoms. The number of nitrogens with zero attached hydrogens (tertiary/aromatic N) is 4. The Morgan fingerprint density at radius 3 is 2.14 bits per heavy atom. The van der Waals surface area contributed by atoms with Crippen molar-refractivity contribution >= 4 is 34.2 Å². The molecule has 0 saturated carbocycles. The number of piperidine rings is 1. The van der Waals surface area contributed by atoms with Crippen molar-refractivity contribution in [2.24, 2.45) is 5.92 Å². The van der Waals surface area contributed by atoms with E-state index < -0.39 is 63.6 Å². The maximum absolute atomic E-state index is 14.1. The van der Waals surface area contributed by atoms with Gasteiger partial charge in [-0.05, 0) is 72.5 Å². The summed E-state index contributed by atoms with van der Waals surface area (Å²) >= 11 is 0. The Kier molecular flexibility index (Phi) is 11.6. The van der Waals surface area contributed by atoms with Crippen LogP contribution in [0.3, 0.4) is 0 Å². The molecule has 5 rings (SSSR count). The lowest BCUT2D eigenvalue weighted by Gasteiger charge is -2.39. The Hall–Kier alpha value is -3.47. The minimum absolute atomic E-state index is 0. The van der Waals surface area contributed by atoms with E-state index in [0.717, 1.165) is 4.90 Å². The van der Waals surface area contributed by atoms with E-state index in [9.17, 15) is 43.9 Å². The van der Waals surface area contributed by atoms with Gasteiger partial charge in [0.15, 0.2) is 0 Å². The number of halogens is 8. The van der Waals surface area contributed by atoms with Crippen molar-refractivity contribution in [3.8, 4) is 0 Å². The lowest BCUT2D eigenvalue weighted by molar-refractivity contribution is -0.143. The zero-order valence-corrected chi connectivity index (χ0v) is 28.0. The van der Waals surface area contributed by atoms with E-state index in [1.807, 2.05) is 4.90 Å². The molecular weight excluding hydrogens is 705 g/mol. The van der Waals surface area contributed by atoms with Crippen molar-refractivity contribution in [3.05, 3.63) is 88.4 Å². The van der Waals surface area contributed by atoms with Gasteiger partial charge < -0.3 is 14.5 Å². The highest BCUT2D eigenvalue weighted by Crippen LogP contribution is 2.39. The predicted molar refractivity (Wildman–Crippen MR) is 168 cm³/mol. The molecule has 0 N–H and O–H groups in total. The average Bonchev–Trinajstić information content (AvgIpc) is 3.03. The molecule has 2 aromatic carbocycles. The highest BCUT2D eigenvalue weighted by Gasteiger charge is 2.42. The highest BCUT2D eigenvalue weighted by molar-refractivity contribution is 7.89. The maximum atomic E-state index is 14.1. The van der Waals surface area contributed by atoms with Crippen LogP contribution in [-0.2, 0) is 38.5 Å². The number of hydrogen-bond acceptors (Lipinski definition) is 6. The first-order chi connectivity index (χ1) is 22.4. The number of hydrogen-bond donors (Lipinski definition) is 0. The van der Waals surface area contributed by atoms with E-state index in [4.69, 9.17) is 4.74 Å². The molecule has 3 aromatic rings. The average molecular weight is 739 g/mol. The summed E-state index contributed by atoms with van der Waals surface area (Å²) < 4.78 is 129. The van der Waals surface area contributed by atoms with Gasteiger partial charge >= 0.3 is 12.4 Å². The topological polar surface area (TPSA) is 83.0 Å². The van der Waals surface area contributed by atoms with Gasteiger partial charge in [0.25, 0.3) is 0 Å². The fourth-order valence-corrected chi connectivity index (χ4v) is 7.63. The smallest absolute Gasteiger partial charge is 0.378 e. The Labute approximate surface area is 285 Å². The number of carbonyl (C=O) groups is 1. The Bertz CT molecular complexity index is 1720. The summed E-state index contributed by atoms with van der Waals surface area (Å²) in [6.45, 7) is 2.98. The van der Waals surface area contributed by atoms with E-state index in [1.165, 1.54) is 41.8 Å². The molecule has 1 amide bonds. The van der Waals surface area contributed by atoms with Crippen LogP contribution < -0.4 is 4.90 Å². The van der Waals surface area contributed by atoms with Crippen molar-refractivity contribution in [1.29, 1.82) is 0 Å². The standard InChI is InChI=1S/C32H33F7N4O4S.ClH/c1-20-13-24(33)3-5-26(20)28-19-43(48(45,46)25-4-6-29(40-17-25)42-9-11-47-12-10-42)8-7-27(28)30(44)41(2)18-21-14-22(31(34,35)36)16-23(15-21)32(37,38)39;/h3-6,13-17,27-28H,7-12,18-19H2,1-2H3;1H/t27-,28+;/m1./s1. The molecule has 3 heterocycles. The fraction of sp³-hybridized carbons (Fsp3) is 0.438. The number of pyridine rings is 1. The summed E-state index contributed by atoms with van der Waals surface area (Å²) in [4.78, 5) is 21.1. The van der Waals surface area contributed by atoms with Crippen molar-refractivity contribution in [3.63, 3.8) is 0 Å². The third-order valence-electron chi connectivity index (χ3n) is 8.66. The first-order valence-corrected chi connectivity index (χ1v) is 16.5. The molecule has 17 heteroatoms. The van der Waals surface area contributed by atoms with Crippen LogP contribution in [0.25, 0.3) is 0 Å². The number of alkyl halides is 6. The molecule has 2 saturated heterocycles. The lowest BCUT2D eigenvalue weighted by Crippen LogP contribution is -2.47. The summed E-state index contributed by atoms with van der Waals surface area (Å²) in [6.07, 6.45) is -8.87. The molecular formula is C32H34ClF7N4O4S. The summed E-state index contributed by atoms with van der Waals surface area (Å²) in [6, 6.07) is 8.06. The van der Waals surface area contributed by atoms with Gasteiger partial charge in [-0.15, -0.1) is 12.4 Å². The number of benzene rings is 2. The van der Waals surface area contributed by atoms with Gasteiger partial charge in [0.05, 0.1) is 24.3 Å². The third-order valence-corrected chi connectivity index (χ3v) is 10.5. The van der Waals surface area contributed by atoms with Gasteiger partial charge in [-0.2, -0.15) is 30.6 Å². The number of amides is 1. The van der Waals surface area contributed by atoms with Crippen LogP contribution in [0.15, 0.2) is 59.6 Å². The van der Waals surface area contributed by atoms with Crippen LogP contribution in [-0.4, -0.2) is 75.0 Å². The van der Waals surface area contributed by atoms with Crippen LogP contribution in [0.5, 0.6) is 0 Å². The quantitative estimate of drug-likeness (QED) is 0.266. The van der Waals surface area contributed by atoms with E-state index in [0.29, 0.717) is 55.4 Å². The zero-order chi connectivity index (χ0) is 35.0. The normalized spacial score (nSPS) is 19.3. The number of morpholine rings is 1. The van der Waals surface area contributed by atoms with E-state index in [1.54, 1.807) is 13.0 Å². The van der Waals surface area contributed by atoms with Gasteiger partial charge in [-0.1, -0.05) is 6.07 Å². The summed E-state index contributed by atoms with van der Waals surface area (Å²) in [5.41, 5.74) is -2.44. The molecule has 2 atom stereocenters. The van der Waals surface area contributed by atoms with Crippen molar-refractivity contribution in [2.45, 2.75) is 43.1 Å². The van der Waals surface area contributed by atoms with Crippen LogP contribution in [0, 0.1) is 18.7 Å². The number of aromatic nitrogens is 1. The number of rotatable bonds is 7. The van der Waals surface area contributed by atoms with Crippen LogP contribution in [0.1, 0.15) is 40.2 Å². The monoisotopic (exact) mass is 738 g/mol. The zero-order valence-electron chi connectivity index (χ0n) is 26.4. The molecule has 2 aliphatic heterocycles. The first-order valence-electron chi connectivity index (χ1n) is 15.0. The molecule has 8 nitrogen and oxygen atoms in total. The minimum atomic E-state index is -5.06. The second-order valence-electron chi connectivity index (χ2n) is 11.9. The SMILES string of the molecule is Cc1cc(F)ccc1[C@@H]1CN(S(=O)(=O)c2ccc(N3CCOCC3)nc2)CC[C@H]1C(=O)N(C)Cc1cc(C(F)(F)F)cc(C(F)(F)F)c1.Cl. The molecule has 2 aliphatic rings. The van der Waals surface area contributed by atoms with Crippen molar-refractivity contribution in [2.75, 3.05) is 51.3 Å². The minimum Gasteiger partial charge on any atom is -0.378 e. The highest BCUT2D eigenvalue weighted by atomic mass is 35.5. The molecule has 1 aromatic heterocycles. The van der Waals surface area contributed by atoms with Crippen LogP contribution in [0.4, 0.5) is 36.6 Å². The molecule has 0 aliphatic carbocycles. The summed E-state index contributed by atoms with van der Waals surface area (Å²) in [5.74, 6) is -2.29. The molecule has 0 radical (unpaired) electrons. The van der Waals surface area contributed by atoms with Crippen LogP contribution in [0.2, 0.25) is 0 Å². The van der Waals surface area contributed by atoms with Gasteiger partial charge in [-0.3, -0.25) is 4.79 Å². The fourth-order valence-electron chi connectivity index (χ4n) is 6.21. The molecule has 49 heavy (non-hydrogen) atoms. The number of sulfonamides is 1. The van der Waals surface area contributed by atoms with E-state index >= 15 is 0 Å². The molecule has 0 unspecified atom stereocenters. The van der Waals surface area contributed by atoms with Gasteiger partial charge in [0.1, 0.15) is 16.5 Å². The summed E-state index contributed by atoms with van der Waals surface area (Å²) in [7, 11) is -2.85. The largest absolute Gasteiger partial charge is 0.416 e. The number of carbonyl (C=O) groups excluding carboxylic acids is 1. The first kappa shape index (κ1) is 38.3. The number of ether oxygens (including phenoxy) is 1. The Morgan fingerprint density at radius 1 is 0.959 bits per heavy atom. The Morgan fingerprint density at radius 2 is 1.59 bits per heavy atom. The lowest BCUT2D eigenvalue weighted by atomic mass is 9.79. The van der Waals surface area contributed by atoms with Crippen molar-refractivity contribution < 1.29 is 48.7 Å². The predicted octanol–water partition coefficient (Wildman–Crippen LogP) is 6.28. The maximum Gasteiger partial charge on any atom is 0.416 e. The van der Waals surface area contributed by atoms with Gasteiger partial charge in [0, 0.05) is 57.8 Å². The van der Waals surface area contributed by atoms with E-state index in [-0.39, 0.29) is 48.4 Å². The van der Waals surface area contributed by atoms with Crippen molar-refractivity contribution in [1.82, 2.24) is 14.2 Å². The van der Waals surface area contributed by atoms with E-state index in [2.05, 4.69) is 4.98 Å². The number of aryl methyl sites for hydroxylation is 1. The second kappa shape index (κ2) is 14.8. The summed E-state index contributed by atoms with van der Waals surface area (Å²) in [5, 5.41) is 0. The Balaban J connectivity index is 0.00000541.